The highest BCUT2D eigenvalue weighted by atomic mass is 32.1. The minimum absolute atomic E-state index is 0.0300. The molecule has 2 aromatic heterocycles. The number of amides is 1. The summed E-state index contributed by atoms with van der Waals surface area (Å²) in [5.41, 5.74) is 0.839. The number of thiazole rings is 1. The van der Waals surface area contributed by atoms with E-state index in [1.165, 1.54) is 18.4 Å². The second-order valence-corrected chi connectivity index (χ2v) is 9.74. The molecule has 0 spiro atoms. The zero-order valence-corrected chi connectivity index (χ0v) is 20.3. The first-order valence-electron chi connectivity index (χ1n) is 11.6. The number of carbonyl (C=O) groups excluding carboxylic acids is 1. The Morgan fingerprint density at radius 2 is 2.14 bits per heavy atom. The van der Waals surface area contributed by atoms with Crippen molar-refractivity contribution in [1.29, 1.82) is 0 Å². The van der Waals surface area contributed by atoms with Gasteiger partial charge in [-0.3, -0.25) is 4.79 Å². The Bertz CT molecular complexity index is 949. The standard InChI is InChI=1S/C22H29F3N4O5S/c1-31-20-11-16(34-28-20)10-19(30)26-14-2-3-15(32-12-14)4-7-29-8-5-17-18(6-9-29)35-21(27-17)33-13-22(23,24)25/h11,14-15H,2-10,12-13H2,1H3,(H,26,30)/t14-,15+/m0/s1. The number of fused-ring (bicyclic) bond motifs is 1. The summed E-state index contributed by atoms with van der Waals surface area (Å²) in [7, 11) is 1.48. The average molecular weight is 519 g/mol. The highest BCUT2D eigenvalue weighted by Crippen LogP contribution is 2.29. The molecule has 0 saturated carbocycles. The summed E-state index contributed by atoms with van der Waals surface area (Å²) in [6.07, 6.45) is -0.0850. The van der Waals surface area contributed by atoms with Crippen molar-refractivity contribution in [2.75, 3.05) is 40.0 Å². The molecule has 4 heterocycles. The molecule has 2 aliphatic rings. The molecule has 0 bridgehead atoms. The van der Waals surface area contributed by atoms with Crippen LogP contribution in [0.15, 0.2) is 10.6 Å². The normalized spacial score (nSPS) is 21.3. The lowest BCUT2D eigenvalue weighted by molar-refractivity contribution is -0.153. The molecular weight excluding hydrogens is 489 g/mol. The number of ether oxygens (including phenoxy) is 3. The molecule has 13 heteroatoms. The van der Waals surface area contributed by atoms with Crippen LogP contribution < -0.4 is 14.8 Å². The molecule has 9 nitrogen and oxygen atoms in total. The minimum Gasteiger partial charge on any atom is -0.479 e. The van der Waals surface area contributed by atoms with Crippen molar-refractivity contribution in [1.82, 2.24) is 20.4 Å². The maximum absolute atomic E-state index is 12.4. The molecule has 2 atom stereocenters. The number of hydrogen-bond acceptors (Lipinski definition) is 9. The number of rotatable bonds is 9. The van der Waals surface area contributed by atoms with Gasteiger partial charge in [0, 0.05) is 37.0 Å². The molecule has 0 unspecified atom stereocenters. The van der Waals surface area contributed by atoms with Gasteiger partial charge < -0.3 is 29.0 Å². The topological polar surface area (TPSA) is 99.0 Å². The first kappa shape index (κ1) is 25.7. The smallest absolute Gasteiger partial charge is 0.422 e. The van der Waals surface area contributed by atoms with Crippen molar-refractivity contribution < 1.29 is 36.7 Å². The fourth-order valence-corrected chi connectivity index (χ4v) is 5.14. The highest BCUT2D eigenvalue weighted by molar-refractivity contribution is 7.13. The van der Waals surface area contributed by atoms with Gasteiger partial charge in [-0.2, -0.15) is 13.2 Å². The zero-order valence-electron chi connectivity index (χ0n) is 19.4. The zero-order chi connectivity index (χ0) is 24.8. The number of nitrogens with zero attached hydrogens (tertiary/aromatic N) is 3. The summed E-state index contributed by atoms with van der Waals surface area (Å²) in [4.78, 5) is 19.8. The van der Waals surface area contributed by atoms with E-state index in [1.807, 2.05) is 0 Å². The largest absolute Gasteiger partial charge is 0.479 e. The molecule has 2 aliphatic heterocycles. The lowest BCUT2D eigenvalue weighted by Crippen LogP contribution is -2.44. The van der Waals surface area contributed by atoms with Crippen molar-refractivity contribution in [3.05, 3.63) is 22.4 Å². The van der Waals surface area contributed by atoms with Gasteiger partial charge in [0.1, 0.15) is 5.76 Å². The Labute approximate surface area is 204 Å². The Balaban J connectivity index is 1.13. The van der Waals surface area contributed by atoms with Crippen LogP contribution in [0.2, 0.25) is 0 Å². The van der Waals surface area contributed by atoms with Crippen LogP contribution in [0, 0.1) is 0 Å². The maximum atomic E-state index is 12.4. The third-order valence-corrected chi connectivity index (χ3v) is 7.09. The molecule has 0 radical (unpaired) electrons. The van der Waals surface area contributed by atoms with E-state index in [1.54, 1.807) is 6.07 Å². The van der Waals surface area contributed by atoms with Crippen LogP contribution in [0.4, 0.5) is 13.2 Å². The summed E-state index contributed by atoms with van der Waals surface area (Å²) in [6, 6.07) is 1.56. The van der Waals surface area contributed by atoms with E-state index in [0.717, 1.165) is 55.9 Å². The molecule has 2 aromatic rings. The quantitative estimate of drug-likeness (QED) is 0.541. The maximum Gasteiger partial charge on any atom is 0.422 e. The molecule has 35 heavy (non-hydrogen) atoms. The van der Waals surface area contributed by atoms with E-state index in [2.05, 4.69) is 20.4 Å². The van der Waals surface area contributed by atoms with Gasteiger partial charge in [-0.15, -0.1) is 0 Å². The van der Waals surface area contributed by atoms with E-state index >= 15 is 0 Å². The molecule has 1 amide bonds. The molecule has 0 aromatic carbocycles. The first-order valence-corrected chi connectivity index (χ1v) is 12.4. The number of alkyl halides is 3. The van der Waals surface area contributed by atoms with Crippen molar-refractivity contribution in [2.24, 2.45) is 0 Å². The fourth-order valence-electron chi connectivity index (χ4n) is 4.20. The van der Waals surface area contributed by atoms with Gasteiger partial charge in [-0.25, -0.2) is 4.98 Å². The van der Waals surface area contributed by atoms with Gasteiger partial charge >= 0.3 is 6.18 Å². The van der Waals surface area contributed by atoms with Crippen LogP contribution in [0.1, 0.15) is 35.6 Å². The van der Waals surface area contributed by atoms with Crippen LogP contribution in [-0.2, 0) is 28.8 Å². The van der Waals surface area contributed by atoms with Gasteiger partial charge in [0.05, 0.1) is 38.0 Å². The van der Waals surface area contributed by atoms with Gasteiger partial charge in [-0.05, 0) is 30.8 Å². The number of aromatic nitrogens is 2. The molecule has 4 rings (SSSR count). The Kier molecular flexibility index (Phi) is 8.50. The molecular formula is C22H29F3N4O5S. The summed E-state index contributed by atoms with van der Waals surface area (Å²) in [5, 5.41) is 6.76. The monoisotopic (exact) mass is 518 g/mol. The Hall–Kier alpha value is -2.38. The second kappa shape index (κ2) is 11.6. The second-order valence-electron chi connectivity index (χ2n) is 8.69. The van der Waals surface area contributed by atoms with Crippen LogP contribution in [-0.4, -0.2) is 79.2 Å². The van der Waals surface area contributed by atoms with Gasteiger partial charge in [0.25, 0.3) is 11.1 Å². The van der Waals surface area contributed by atoms with Crippen molar-refractivity contribution in [3.8, 4) is 11.1 Å². The fraction of sp³-hybridized carbons (Fsp3) is 0.682. The van der Waals surface area contributed by atoms with E-state index in [9.17, 15) is 18.0 Å². The molecule has 1 saturated heterocycles. The molecule has 1 fully saturated rings. The van der Waals surface area contributed by atoms with Crippen molar-refractivity contribution in [3.63, 3.8) is 0 Å². The first-order chi connectivity index (χ1) is 16.8. The lowest BCUT2D eigenvalue weighted by Gasteiger charge is -2.31. The van der Waals surface area contributed by atoms with E-state index in [0.29, 0.717) is 24.7 Å². The SMILES string of the molecule is COc1cc(CC(=O)N[C@H]2CC[C@H](CCN3CCc4nc(OCC(F)(F)F)sc4CC3)OC2)on1. The summed E-state index contributed by atoms with van der Waals surface area (Å²) >= 11 is 1.21. The highest BCUT2D eigenvalue weighted by Gasteiger charge is 2.30. The van der Waals surface area contributed by atoms with Gasteiger partial charge in [0.15, 0.2) is 6.61 Å². The van der Waals surface area contributed by atoms with Crippen molar-refractivity contribution >= 4 is 17.2 Å². The summed E-state index contributed by atoms with van der Waals surface area (Å²) in [6.45, 7) is 1.66. The van der Waals surface area contributed by atoms with Gasteiger partial charge in [0.2, 0.25) is 5.91 Å². The third kappa shape index (κ3) is 7.80. The number of carbonyl (C=O) groups is 1. The van der Waals surface area contributed by atoms with E-state index in [4.69, 9.17) is 18.7 Å². The predicted octanol–water partition coefficient (Wildman–Crippen LogP) is 2.78. The van der Waals surface area contributed by atoms with Crippen LogP contribution in [0.5, 0.6) is 11.1 Å². The minimum atomic E-state index is -4.36. The summed E-state index contributed by atoms with van der Waals surface area (Å²) in [5.74, 6) is 0.641. The van der Waals surface area contributed by atoms with Crippen LogP contribution in [0.25, 0.3) is 0 Å². The Morgan fingerprint density at radius 1 is 1.31 bits per heavy atom. The average Bonchev–Trinajstić information content (AvgIpc) is 3.39. The predicted molar refractivity (Wildman–Crippen MR) is 120 cm³/mol. The van der Waals surface area contributed by atoms with E-state index in [-0.39, 0.29) is 29.7 Å². The molecule has 194 valence electrons. The van der Waals surface area contributed by atoms with Crippen LogP contribution >= 0.6 is 11.3 Å². The Morgan fingerprint density at radius 3 is 2.86 bits per heavy atom. The van der Waals surface area contributed by atoms with Crippen LogP contribution in [0.3, 0.4) is 0 Å². The molecule has 0 aliphatic carbocycles. The number of halogens is 3. The number of hydrogen-bond donors (Lipinski definition) is 1. The lowest BCUT2D eigenvalue weighted by atomic mass is 10.0. The van der Waals surface area contributed by atoms with Gasteiger partial charge in [-0.1, -0.05) is 11.3 Å². The van der Waals surface area contributed by atoms with Crippen molar-refractivity contribution in [2.45, 2.75) is 56.8 Å². The summed E-state index contributed by atoms with van der Waals surface area (Å²) < 4.78 is 57.9. The third-order valence-electron chi connectivity index (χ3n) is 6.02. The van der Waals surface area contributed by atoms with E-state index < -0.39 is 12.8 Å². The molecule has 1 N–H and O–H groups in total. The number of nitrogens with one attached hydrogen (secondary N) is 1. The number of methoxy groups -OCH3 is 1.